The molecular formula is C29H36N2O3S. The smallest absolute Gasteiger partial charge is 0.222 e. The third-order valence-corrected chi connectivity index (χ3v) is 8.23. The minimum absolute atomic E-state index is 0.0634. The number of thioether (sulfide) groups is 1. The lowest BCUT2D eigenvalue weighted by molar-refractivity contribution is -0.135. The van der Waals surface area contributed by atoms with Crippen LogP contribution in [0, 0.1) is 5.92 Å². The van der Waals surface area contributed by atoms with Crippen LogP contribution < -0.4 is 5.32 Å². The van der Waals surface area contributed by atoms with E-state index in [1.807, 2.05) is 23.1 Å². The van der Waals surface area contributed by atoms with Gasteiger partial charge in [0.05, 0.1) is 0 Å². The second-order valence-corrected chi connectivity index (χ2v) is 10.9. The Bertz CT molecular complexity index is 1020. The van der Waals surface area contributed by atoms with Gasteiger partial charge in [-0.15, -0.1) is 11.8 Å². The second-order valence-electron chi connectivity index (χ2n) is 9.98. The van der Waals surface area contributed by atoms with Gasteiger partial charge in [0.25, 0.3) is 0 Å². The van der Waals surface area contributed by atoms with Crippen molar-refractivity contribution in [2.75, 3.05) is 19.3 Å². The van der Waals surface area contributed by atoms with Crippen molar-refractivity contribution in [1.29, 1.82) is 0 Å². The highest BCUT2D eigenvalue weighted by atomic mass is 32.2. The molecule has 1 N–H and O–H groups in total. The second kappa shape index (κ2) is 11.9. The summed E-state index contributed by atoms with van der Waals surface area (Å²) in [7, 11) is 0. The number of rotatable bonds is 10. The molecule has 6 heteroatoms. The first kappa shape index (κ1) is 25.5. The molecule has 0 aliphatic carbocycles. The largest absolute Gasteiger partial charge is 0.350 e. The third kappa shape index (κ3) is 6.97. The van der Waals surface area contributed by atoms with E-state index in [0.29, 0.717) is 32.2 Å². The number of benzene rings is 2. The van der Waals surface area contributed by atoms with Crippen LogP contribution in [0.1, 0.15) is 56.1 Å². The zero-order valence-electron chi connectivity index (χ0n) is 20.6. The van der Waals surface area contributed by atoms with Gasteiger partial charge in [0.15, 0.2) is 0 Å². The Hall–Kier alpha value is -2.60. The van der Waals surface area contributed by atoms with Gasteiger partial charge in [0.2, 0.25) is 11.8 Å². The molecule has 2 aliphatic rings. The zero-order valence-corrected chi connectivity index (χ0v) is 21.4. The topological polar surface area (TPSA) is 66.5 Å². The standard InChI is InChI=1S/C29H36N2O3S/c1-35-25-12-9-23(10-13-25)20-29(17-15-27(33)30-29)18-16-28(34)31-19-5-8-24(21-31)26(32)14-11-22-6-3-2-4-7-22/h2-4,6-7,9-10,12-13,24H,5,8,11,14-21H2,1H3,(H,30,33). The summed E-state index contributed by atoms with van der Waals surface area (Å²) >= 11 is 1.71. The zero-order chi connectivity index (χ0) is 24.7. The highest BCUT2D eigenvalue weighted by Gasteiger charge is 2.38. The number of hydrogen-bond donors (Lipinski definition) is 1. The van der Waals surface area contributed by atoms with E-state index in [1.165, 1.54) is 16.0 Å². The van der Waals surface area contributed by atoms with Crippen molar-refractivity contribution in [2.24, 2.45) is 5.92 Å². The average Bonchev–Trinajstić information content (AvgIpc) is 3.27. The van der Waals surface area contributed by atoms with Gasteiger partial charge in [-0.3, -0.25) is 14.4 Å². The van der Waals surface area contributed by atoms with Gasteiger partial charge in [-0.1, -0.05) is 42.5 Å². The summed E-state index contributed by atoms with van der Waals surface area (Å²) in [4.78, 5) is 41.2. The minimum Gasteiger partial charge on any atom is -0.350 e. The van der Waals surface area contributed by atoms with E-state index in [9.17, 15) is 14.4 Å². The molecule has 2 aromatic rings. The van der Waals surface area contributed by atoms with Gasteiger partial charge in [0.1, 0.15) is 5.78 Å². The molecule has 2 aromatic carbocycles. The molecule has 2 fully saturated rings. The maximum Gasteiger partial charge on any atom is 0.222 e. The van der Waals surface area contributed by atoms with Gasteiger partial charge in [0, 0.05) is 48.7 Å². The minimum atomic E-state index is -0.367. The molecule has 0 aromatic heterocycles. The molecule has 0 saturated carbocycles. The number of amides is 2. The molecule has 0 bridgehead atoms. The SMILES string of the molecule is CSc1ccc(CC2(CCC(=O)N3CCCC(C(=O)CCc4ccccc4)C3)CCC(=O)N2)cc1. The number of nitrogens with zero attached hydrogens (tertiary/aromatic N) is 1. The molecule has 2 aliphatic heterocycles. The number of piperidine rings is 1. The van der Waals surface area contributed by atoms with Crippen LogP contribution in [-0.2, 0) is 27.2 Å². The van der Waals surface area contributed by atoms with Crippen molar-refractivity contribution in [3.05, 3.63) is 65.7 Å². The number of hydrogen-bond acceptors (Lipinski definition) is 4. The van der Waals surface area contributed by atoms with Crippen LogP contribution in [-0.4, -0.2) is 47.4 Å². The molecular weight excluding hydrogens is 456 g/mol. The highest BCUT2D eigenvalue weighted by molar-refractivity contribution is 7.98. The van der Waals surface area contributed by atoms with E-state index in [1.54, 1.807) is 11.8 Å². The maximum atomic E-state index is 13.2. The summed E-state index contributed by atoms with van der Waals surface area (Å²) in [6.07, 6.45) is 8.11. The van der Waals surface area contributed by atoms with E-state index >= 15 is 0 Å². The Morgan fingerprint density at radius 2 is 1.83 bits per heavy atom. The summed E-state index contributed by atoms with van der Waals surface area (Å²) in [5.74, 6) is 0.370. The van der Waals surface area contributed by atoms with Gasteiger partial charge >= 0.3 is 0 Å². The normalized spacial score (nSPS) is 22.1. The van der Waals surface area contributed by atoms with Crippen LogP contribution in [0.15, 0.2) is 59.5 Å². The monoisotopic (exact) mass is 492 g/mol. The molecule has 2 atom stereocenters. The van der Waals surface area contributed by atoms with Gasteiger partial charge in [-0.25, -0.2) is 0 Å². The first-order valence-electron chi connectivity index (χ1n) is 12.7. The van der Waals surface area contributed by atoms with E-state index in [-0.39, 0.29) is 29.1 Å². The first-order valence-corrected chi connectivity index (χ1v) is 14.0. The number of likely N-dealkylation sites (tertiary alicyclic amines) is 1. The lowest BCUT2D eigenvalue weighted by Gasteiger charge is -2.34. The quantitative estimate of drug-likeness (QED) is 0.483. The van der Waals surface area contributed by atoms with Crippen LogP contribution in [0.2, 0.25) is 0 Å². The van der Waals surface area contributed by atoms with Crippen LogP contribution in [0.4, 0.5) is 0 Å². The number of carbonyl (C=O) groups excluding carboxylic acids is 3. The molecule has 5 nitrogen and oxygen atoms in total. The maximum absolute atomic E-state index is 13.2. The van der Waals surface area contributed by atoms with E-state index < -0.39 is 0 Å². The molecule has 35 heavy (non-hydrogen) atoms. The van der Waals surface area contributed by atoms with Gasteiger partial charge in [-0.2, -0.15) is 0 Å². The van der Waals surface area contributed by atoms with E-state index in [2.05, 4.69) is 48.0 Å². The number of Topliss-reactive ketones (excluding diaryl/α,β-unsaturated/α-hetero) is 1. The Labute approximate surface area is 213 Å². The average molecular weight is 493 g/mol. The summed E-state index contributed by atoms with van der Waals surface area (Å²) in [5, 5.41) is 3.19. The van der Waals surface area contributed by atoms with Crippen LogP contribution in [0.3, 0.4) is 0 Å². The van der Waals surface area contributed by atoms with Gasteiger partial charge < -0.3 is 10.2 Å². The number of nitrogens with one attached hydrogen (secondary N) is 1. The fourth-order valence-corrected chi connectivity index (χ4v) is 5.81. The number of aryl methyl sites for hydroxylation is 1. The third-order valence-electron chi connectivity index (χ3n) is 7.49. The predicted octanol–water partition coefficient (Wildman–Crippen LogP) is 4.82. The molecule has 2 amide bonds. The number of ketones is 1. The van der Waals surface area contributed by atoms with Crippen molar-refractivity contribution < 1.29 is 14.4 Å². The van der Waals surface area contributed by atoms with Crippen LogP contribution >= 0.6 is 11.8 Å². The highest BCUT2D eigenvalue weighted by Crippen LogP contribution is 2.31. The summed E-state index contributed by atoms with van der Waals surface area (Å²) in [5.41, 5.74) is 1.99. The Morgan fingerprint density at radius 3 is 2.51 bits per heavy atom. The predicted molar refractivity (Wildman–Crippen MR) is 140 cm³/mol. The Morgan fingerprint density at radius 1 is 1.06 bits per heavy atom. The first-order chi connectivity index (χ1) is 17.0. The molecule has 2 heterocycles. The lowest BCUT2D eigenvalue weighted by atomic mass is 9.84. The van der Waals surface area contributed by atoms with Crippen molar-refractivity contribution in [1.82, 2.24) is 10.2 Å². The molecule has 2 unspecified atom stereocenters. The fourth-order valence-electron chi connectivity index (χ4n) is 5.40. The Kier molecular flexibility index (Phi) is 8.66. The molecule has 4 rings (SSSR count). The van der Waals surface area contributed by atoms with E-state index in [0.717, 1.165) is 38.6 Å². The Balaban J connectivity index is 1.31. The molecule has 2 saturated heterocycles. The summed E-state index contributed by atoms with van der Waals surface area (Å²) < 4.78 is 0. The van der Waals surface area contributed by atoms with Crippen LogP contribution in [0.25, 0.3) is 0 Å². The fraction of sp³-hybridized carbons (Fsp3) is 0.483. The van der Waals surface area contributed by atoms with Crippen molar-refractivity contribution in [2.45, 2.75) is 68.2 Å². The lowest BCUT2D eigenvalue weighted by Crippen LogP contribution is -2.46. The summed E-state index contributed by atoms with van der Waals surface area (Å²) in [6.45, 7) is 1.25. The molecule has 0 radical (unpaired) electrons. The van der Waals surface area contributed by atoms with Crippen LogP contribution in [0.5, 0.6) is 0 Å². The van der Waals surface area contributed by atoms with E-state index in [4.69, 9.17) is 0 Å². The summed E-state index contributed by atoms with van der Waals surface area (Å²) in [6, 6.07) is 18.6. The van der Waals surface area contributed by atoms with Gasteiger partial charge in [-0.05, 0) is 68.0 Å². The molecule has 186 valence electrons. The van der Waals surface area contributed by atoms with Crippen molar-refractivity contribution in [3.63, 3.8) is 0 Å². The molecule has 0 spiro atoms. The number of carbonyl (C=O) groups is 3. The van der Waals surface area contributed by atoms with Crippen molar-refractivity contribution >= 4 is 29.4 Å². The van der Waals surface area contributed by atoms with Crippen molar-refractivity contribution in [3.8, 4) is 0 Å².